The zero-order chi connectivity index (χ0) is 29.2. The number of aliphatic hydroxyl groups is 1. The Morgan fingerprint density at radius 2 is 1.95 bits per heavy atom. The number of carbonyl (C=O) groups is 3. The number of anilines is 1. The summed E-state index contributed by atoms with van der Waals surface area (Å²) in [4.78, 5) is 45.6. The molecule has 0 aliphatic carbocycles. The van der Waals surface area contributed by atoms with Gasteiger partial charge in [0.15, 0.2) is 0 Å². The SMILES string of the molecule is C=CCCCOC(=O)[C@@H]1[C@H]2C(=O)N([C@@H](CO)CC(C)C)C(C(=O)N(CC=C)c3ccc(Cl)cc3)C23CC[C@@]1(C)O3. The van der Waals surface area contributed by atoms with Gasteiger partial charge in [-0.15, -0.1) is 13.2 Å². The summed E-state index contributed by atoms with van der Waals surface area (Å²) in [6.07, 6.45) is 6.17. The van der Waals surface area contributed by atoms with Gasteiger partial charge in [-0.1, -0.05) is 37.6 Å². The number of aliphatic hydroxyl groups excluding tert-OH is 1. The lowest BCUT2D eigenvalue weighted by Gasteiger charge is -2.40. The van der Waals surface area contributed by atoms with Crippen molar-refractivity contribution in [1.29, 1.82) is 0 Å². The minimum absolute atomic E-state index is 0.152. The molecular formula is C31H41ClN2O6. The fraction of sp³-hybridized carbons (Fsp3) is 0.581. The molecule has 2 amide bonds. The predicted octanol–water partition coefficient (Wildman–Crippen LogP) is 4.54. The van der Waals surface area contributed by atoms with Gasteiger partial charge in [0.2, 0.25) is 5.91 Å². The van der Waals surface area contributed by atoms with Gasteiger partial charge in [0, 0.05) is 17.3 Å². The van der Waals surface area contributed by atoms with Crippen LogP contribution in [0, 0.1) is 17.8 Å². The van der Waals surface area contributed by atoms with Crippen molar-refractivity contribution in [2.24, 2.45) is 17.8 Å². The summed E-state index contributed by atoms with van der Waals surface area (Å²) in [7, 11) is 0. The fourth-order valence-corrected chi connectivity index (χ4v) is 7.05. The molecule has 40 heavy (non-hydrogen) atoms. The quantitative estimate of drug-likeness (QED) is 0.212. The van der Waals surface area contributed by atoms with Crippen molar-refractivity contribution in [3.8, 4) is 0 Å². The smallest absolute Gasteiger partial charge is 0.312 e. The van der Waals surface area contributed by atoms with E-state index in [4.69, 9.17) is 21.1 Å². The summed E-state index contributed by atoms with van der Waals surface area (Å²) in [6.45, 7) is 13.5. The molecule has 3 aliphatic rings. The lowest BCUT2D eigenvalue weighted by molar-refractivity contribution is -0.160. The van der Waals surface area contributed by atoms with Crippen LogP contribution in [-0.4, -0.2) is 70.8 Å². The maximum atomic E-state index is 14.6. The lowest BCUT2D eigenvalue weighted by atomic mass is 9.66. The van der Waals surface area contributed by atoms with E-state index in [2.05, 4.69) is 13.2 Å². The number of likely N-dealkylation sites (tertiary alicyclic amines) is 1. The van der Waals surface area contributed by atoms with Gasteiger partial charge >= 0.3 is 5.97 Å². The highest BCUT2D eigenvalue weighted by Gasteiger charge is 2.79. The Morgan fingerprint density at radius 1 is 1.25 bits per heavy atom. The molecule has 0 aromatic heterocycles. The van der Waals surface area contributed by atoms with Crippen LogP contribution in [0.25, 0.3) is 0 Å². The van der Waals surface area contributed by atoms with E-state index < -0.39 is 41.1 Å². The maximum Gasteiger partial charge on any atom is 0.312 e. The first kappa shape index (κ1) is 30.3. The van der Waals surface area contributed by atoms with Crippen molar-refractivity contribution in [3.05, 3.63) is 54.6 Å². The van der Waals surface area contributed by atoms with Gasteiger partial charge in [0.25, 0.3) is 5.91 Å². The van der Waals surface area contributed by atoms with Crippen molar-refractivity contribution in [1.82, 2.24) is 4.90 Å². The first-order valence-corrected chi connectivity index (χ1v) is 14.5. The highest BCUT2D eigenvalue weighted by atomic mass is 35.5. The predicted molar refractivity (Wildman–Crippen MR) is 154 cm³/mol. The van der Waals surface area contributed by atoms with Crippen molar-refractivity contribution in [3.63, 3.8) is 0 Å². The topological polar surface area (TPSA) is 96.4 Å². The molecule has 218 valence electrons. The van der Waals surface area contributed by atoms with E-state index in [-0.39, 0.29) is 37.5 Å². The Labute approximate surface area is 241 Å². The zero-order valence-corrected chi connectivity index (χ0v) is 24.4. The minimum Gasteiger partial charge on any atom is -0.465 e. The highest BCUT2D eigenvalue weighted by Crippen LogP contribution is 2.64. The van der Waals surface area contributed by atoms with Gasteiger partial charge in [0.05, 0.1) is 30.8 Å². The van der Waals surface area contributed by atoms with Crippen molar-refractivity contribution < 1.29 is 29.0 Å². The summed E-state index contributed by atoms with van der Waals surface area (Å²) in [5.41, 5.74) is -1.55. The molecule has 0 radical (unpaired) electrons. The van der Waals surface area contributed by atoms with E-state index in [0.29, 0.717) is 42.8 Å². The molecule has 3 heterocycles. The van der Waals surface area contributed by atoms with E-state index in [9.17, 15) is 19.5 Å². The number of amides is 2. The number of carbonyl (C=O) groups excluding carboxylic acids is 3. The molecule has 1 N–H and O–H groups in total. The lowest BCUT2D eigenvalue weighted by Crippen LogP contribution is -2.59. The third-order valence-corrected chi connectivity index (χ3v) is 8.81. The molecule has 1 aromatic rings. The molecule has 9 heteroatoms. The van der Waals surface area contributed by atoms with Crippen LogP contribution in [0.4, 0.5) is 5.69 Å². The number of fused-ring (bicyclic) bond motifs is 1. The summed E-state index contributed by atoms with van der Waals surface area (Å²) < 4.78 is 12.3. The van der Waals surface area contributed by atoms with Crippen molar-refractivity contribution >= 4 is 35.1 Å². The molecule has 8 nitrogen and oxygen atoms in total. The Hall–Kier alpha value is -2.68. The van der Waals surface area contributed by atoms with E-state index in [1.54, 1.807) is 41.3 Å². The molecule has 2 unspecified atom stereocenters. The second-order valence-electron chi connectivity index (χ2n) is 11.8. The highest BCUT2D eigenvalue weighted by molar-refractivity contribution is 6.30. The Morgan fingerprint density at radius 3 is 2.55 bits per heavy atom. The first-order valence-electron chi connectivity index (χ1n) is 14.1. The minimum atomic E-state index is -1.22. The molecule has 3 fully saturated rings. The zero-order valence-electron chi connectivity index (χ0n) is 23.7. The number of ether oxygens (including phenoxy) is 2. The molecule has 4 rings (SSSR count). The maximum absolute atomic E-state index is 14.6. The van der Waals surface area contributed by atoms with Crippen LogP contribution < -0.4 is 4.90 Å². The van der Waals surface area contributed by atoms with Gasteiger partial charge in [-0.25, -0.2) is 0 Å². The summed E-state index contributed by atoms with van der Waals surface area (Å²) in [6, 6.07) is 5.25. The van der Waals surface area contributed by atoms with E-state index in [1.807, 2.05) is 20.8 Å². The van der Waals surface area contributed by atoms with Crippen LogP contribution in [0.15, 0.2) is 49.6 Å². The summed E-state index contributed by atoms with van der Waals surface area (Å²) in [5.74, 6) is -2.75. The molecule has 2 bridgehead atoms. The van der Waals surface area contributed by atoms with Crippen LogP contribution in [0.5, 0.6) is 0 Å². The van der Waals surface area contributed by atoms with Gasteiger partial charge in [0.1, 0.15) is 17.6 Å². The normalized spacial score (nSPS) is 29.4. The van der Waals surface area contributed by atoms with Crippen LogP contribution in [0.3, 0.4) is 0 Å². The third-order valence-electron chi connectivity index (χ3n) is 8.56. The number of allylic oxidation sites excluding steroid dienone is 1. The molecule has 1 spiro atoms. The summed E-state index contributed by atoms with van der Waals surface area (Å²) in [5, 5.41) is 11.0. The molecule has 1 aromatic carbocycles. The fourth-order valence-electron chi connectivity index (χ4n) is 6.92. The second kappa shape index (κ2) is 12.0. The van der Waals surface area contributed by atoms with E-state index in [1.165, 1.54) is 4.90 Å². The second-order valence-corrected chi connectivity index (χ2v) is 12.2. The Balaban J connectivity index is 1.79. The summed E-state index contributed by atoms with van der Waals surface area (Å²) >= 11 is 6.12. The molecule has 3 saturated heterocycles. The van der Waals surface area contributed by atoms with Crippen molar-refractivity contribution in [2.75, 3.05) is 24.7 Å². The third kappa shape index (κ3) is 5.21. The van der Waals surface area contributed by atoms with E-state index >= 15 is 0 Å². The Bertz CT molecular complexity index is 1140. The molecule has 6 atom stereocenters. The number of esters is 1. The monoisotopic (exact) mass is 572 g/mol. The van der Waals surface area contributed by atoms with Crippen LogP contribution in [0.1, 0.15) is 52.9 Å². The van der Waals surface area contributed by atoms with E-state index in [0.717, 1.165) is 0 Å². The number of benzene rings is 1. The average molecular weight is 573 g/mol. The van der Waals surface area contributed by atoms with Gasteiger partial charge < -0.3 is 24.4 Å². The standard InChI is InChI=1S/C31H41ClN2O6/c1-6-8-9-17-39-29(38)25-24-27(36)34(23(19-35)18-20(3)4)26(31(24)15-14-30(25,5)40-31)28(37)33(16-7-2)22-12-10-21(32)11-13-22/h6-7,10-13,20,23-26,35H,1-2,8-9,14-19H2,3-5H3/t23-,24+,25+,26?,30-,31?/m1/s1. The van der Waals surface area contributed by atoms with Crippen LogP contribution in [0.2, 0.25) is 5.02 Å². The number of rotatable bonds is 13. The number of unbranched alkanes of at least 4 members (excludes halogenated alkanes) is 1. The Kier molecular flexibility index (Phi) is 9.12. The van der Waals surface area contributed by atoms with Gasteiger partial charge in [-0.3, -0.25) is 14.4 Å². The van der Waals surface area contributed by atoms with Gasteiger partial charge in [-0.2, -0.15) is 0 Å². The number of hydrogen-bond acceptors (Lipinski definition) is 6. The van der Waals surface area contributed by atoms with Crippen LogP contribution >= 0.6 is 11.6 Å². The van der Waals surface area contributed by atoms with Crippen molar-refractivity contribution in [2.45, 2.75) is 76.2 Å². The number of halogens is 1. The number of hydrogen-bond donors (Lipinski definition) is 1. The molecule has 3 aliphatic heterocycles. The molecule has 0 saturated carbocycles. The molecular weight excluding hydrogens is 532 g/mol. The average Bonchev–Trinajstić information content (AvgIpc) is 3.49. The first-order chi connectivity index (χ1) is 19.0. The van der Waals surface area contributed by atoms with Crippen LogP contribution in [-0.2, 0) is 23.9 Å². The number of nitrogens with zero attached hydrogens (tertiary/aromatic N) is 2. The largest absolute Gasteiger partial charge is 0.465 e. The van der Waals surface area contributed by atoms with Gasteiger partial charge in [-0.05, 0) is 69.2 Å².